The number of amides is 1. The fourth-order valence-corrected chi connectivity index (χ4v) is 3.02. The van der Waals surface area contributed by atoms with E-state index < -0.39 is 4.92 Å². The van der Waals surface area contributed by atoms with Crippen molar-refractivity contribution in [2.45, 2.75) is 32.6 Å². The molecule has 21 heavy (non-hydrogen) atoms. The minimum absolute atomic E-state index is 0.0202. The number of hydrogen-bond donors (Lipinski definition) is 2. The largest absolute Gasteiger partial charge is 0.330 e. The number of rotatable bonds is 4. The lowest BCUT2D eigenvalue weighted by Crippen LogP contribution is -2.35. The quantitative estimate of drug-likeness (QED) is 0.658. The highest BCUT2D eigenvalue weighted by molar-refractivity contribution is 5.94. The first kappa shape index (κ1) is 15.4. The molecule has 0 spiro atoms. The van der Waals surface area contributed by atoms with Gasteiger partial charge in [-0.2, -0.15) is 0 Å². The van der Waals surface area contributed by atoms with Crippen LogP contribution in [0.5, 0.6) is 0 Å². The lowest BCUT2D eigenvalue weighted by atomic mass is 9.78. The van der Waals surface area contributed by atoms with Crippen molar-refractivity contribution in [3.63, 3.8) is 0 Å². The van der Waals surface area contributed by atoms with Crippen LogP contribution < -0.4 is 11.1 Å². The summed E-state index contributed by atoms with van der Waals surface area (Å²) in [5, 5.41) is 13.8. The van der Waals surface area contributed by atoms with Gasteiger partial charge in [0.05, 0.1) is 16.2 Å². The minimum Gasteiger partial charge on any atom is -0.330 e. The molecule has 114 valence electrons. The highest BCUT2D eigenvalue weighted by Crippen LogP contribution is 2.31. The molecule has 2 unspecified atom stereocenters. The Morgan fingerprint density at radius 3 is 2.81 bits per heavy atom. The normalized spacial score (nSPS) is 21.8. The van der Waals surface area contributed by atoms with Gasteiger partial charge in [-0.05, 0) is 38.3 Å². The molecule has 1 aromatic carbocycles. The van der Waals surface area contributed by atoms with E-state index in [1.165, 1.54) is 6.07 Å². The second kappa shape index (κ2) is 6.67. The Morgan fingerprint density at radius 2 is 2.14 bits per heavy atom. The molecule has 1 aromatic rings. The number of hydrogen-bond acceptors (Lipinski definition) is 4. The summed E-state index contributed by atoms with van der Waals surface area (Å²) in [5.41, 5.74) is 6.76. The molecule has 6 nitrogen and oxygen atoms in total. The van der Waals surface area contributed by atoms with Crippen LogP contribution in [0, 0.1) is 28.9 Å². The molecule has 1 fully saturated rings. The van der Waals surface area contributed by atoms with Crippen LogP contribution in [0.15, 0.2) is 18.2 Å². The SMILES string of the molecule is Cc1c(NC(=O)C2CCCCC2CN)cccc1[N+](=O)[O-]. The summed E-state index contributed by atoms with van der Waals surface area (Å²) in [6.45, 7) is 2.15. The maximum absolute atomic E-state index is 12.4. The molecule has 0 saturated heterocycles. The summed E-state index contributed by atoms with van der Waals surface area (Å²) < 4.78 is 0. The molecule has 0 radical (unpaired) electrons. The molecule has 0 aliphatic heterocycles. The van der Waals surface area contributed by atoms with Gasteiger partial charge in [-0.1, -0.05) is 18.9 Å². The van der Waals surface area contributed by atoms with E-state index in [1.54, 1.807) is 19.1 Å². The molecule has 1 aliphatic carbocycles. The third-order valence-corrected chi connectivity index (χ3v) is 4.31. The number of nitro benzene ring substituents is 1. The number of nitrogens with zero attached hydrogens (tertiary/aromatic N) is 1. The molecule has 0 bridgehead atoms. The molecule has 3 N–H and O–H groups in total. The van der Waals surface area contributed by atoms with Gasteiger partial charge in [0, 0.05) is 12.0 Å². The summed E-state index contributed by atoms with van der Waals surface area (Å²) in [4.78, 5) is 22.9. The van der Waals surface area contributed by atoms with Crippen molar-refractivity contribution in [3.8, 4) is 0 Å². The second-order valence-corrected chi connectivity index (χ2v) is 5.58. The fourth-order valence-electron chi connectivity index (χ4n) is 3.02. The molecule has 2 atom stereocenters. The number of nitrogens with one attached hydrogen (secondary N) is 1. The van der Waals surface area contributed by atoms with E-state index in [1.807, 2.05) is 0 Å². The van der Waals surface area contributed by atoms with Crippen LogP contribution in [0.1, 0.15) is 31.2 Å². The van der Waals surface area contributed by atoms with Crippen LogP contribution >= 0.6 is 0 Å². The molecule has 1 aliphatic rings. The number of carbonyl (C=O) groups is 1. The highest BCUT2D eigenvalue weighted by Gasteiger charge is 2.30. The molecule has 1 amide bonds. The number of carbonyl (C=O) groups excluding carboxylic acids is 1. The zero-order valence-corrected chi connectivity index (χ0v) is 12.2. The summed E-state index contributed by atoms with van der Waals surface area (Å²) in [6, 6.07) is 4.72. The van der Waals surface area contributed by atoms with E-state index >= 15 is 0 Å². The molecule has 0 aromatic heterocycles. The molecule has 1 saturated carbocycles. The van der Waals surface area contributed by atoms with Gasteiger partial charge in [-0.25, -0.2) is 0 Å². The van der Waals surface area contributed by atoms with E-state index in [9.17, 15) is 14.9 Å². The number of nitrogens with two attached hydrogens (primary N) is 1. The van der Waals surface area contributed by atoms with Gasteiger partial charge in [-0.3, -0.25) is 14.9 Å². The number of benzene rings is 1. The Labute approximate surface area is 123 Å². The first-order valence-corrected chi connectivity index (χ1v) is 7.29. The Morgan fingerprint density at radius 1 is 1.43 bits per heavy atom. The van der Waals surface area contributed by atoms with Gasteiger partial charge in [0.25, 0.3) is 5.69 Å². The van der Waals surface area contributed by atoms with Crippen molar-refractivity contribution in [2.24, 2.45) is 17.6 Å². The summed E-state index contributed by atoms with van der Waals surface area (Å²) in [5.74, 6) is 0.0360. The molecule has 0 heterocycles. The molecular weight excluding hydrogens is 270 g/mol. The predicted molar refractivity (Wildman–Crippen MR) is 81.0 cm³/mol. The first-order chi connectivity index (χ1) is 10.0. The third kappa shape index (κ3) is 3.39. The fraction of sp³-hybridized carbons (Fsp3) is 0.533. The highest BCUT2D eigenvalue weighted by atomic mass is 16.6. The summed E-state index contributed by atoms with van der Waals surface area (Å²) >= 11 is 0. The monoisotopic (exact) mass is 291 g/mol. The maximum atomic E-state index is 12.4. The van der Waals surface area contributed by atoms with Crippen LogP contribution in [-0.2, 0) is 4.79 Å². The third-order valence-electron chi connectivity index (χ3n) is 4.31. The molecule has 6 heteroatoms. The van der Waals surface area contributed by atoms with Gasteiger partial charge in [0.2, 0.25) is 5.91 Å². The van der Waals surface area contributed by atoms with E-state index in [0.29, 0.717) is 17.8 Å². The van der Waals surface area contributed by atoms with Crippen molar-refractivity contribution in [3.05, 3.63) is 33.9 Å². The Balaban J connectivity index is 2.16. The topological polar surface area (TPSA) is 98.3 Å². The zero-order chi connectivity index (χ0) is 15.4. The van der Waals surface area contributed by atoms with E-state index in [-0.39, 0.29) is 23.4 Å². The Bertz CT molecular complexity index is 545. The van der Waals surface area contributed by atoms with Crippen molar-refractivity contribution in [1.29, 1.82) is 0 Å². The molecular formula is C15H21N3O3. The van der Waals surface area contributed by atoms with Crippen LogP contribution in [0.2, 0.25) is 0 Å². The second-order valence-electron chi connectivity index (χ2n) is 5.58. The number of anilines is 1. The van der Waals surface area contributed by atoms with E-state index in [2.05, 4.69) is 5.32 Å². The lowest BCUT2D eigenvalue weighted by Gasteiger charge is -2.29. The van der Waals surface area contributed by atoms with Crippen molar-refractivity contribution in [1.82, 2.24) is 0 Å². The summed E-state index contributed by atoms with van der Waals surface area (Å²) in [7, 11) is 0. The van der Waals surface area contributed by atoms with Gasteiger partial charge in [0.15, 0.2) is 0 Å². The standard InChI is InChI=1S/C15H21N3O3/c1-10-13(7-4-8-14(10)18(20)21)17-15(19)12-6-3-2-5-11(12)9-16/h4,7-8,11-12H,2-3,5-6,9,16H2,1H3,(H,17,19). The van der Waals surface area contributed by atoms with Gasteiger partial charge in [-0.15, -0.1) is 0 Å². The van der Waals surface area contributed by atoms with Crippen molar-refractivity contribution >= 4 is 17.3 Å². The smallest absolute Gasteiger partial charge is 0.274 e. The molecule has 2 rings (SSSR count). The summed E-state index contributed by atoms with van der Waals surface area (Å²) in [6.07, 6.45) is 3.95. The van der Waals surface area contributed by atoms with Gasteiger partial charge < -0.3 is 11.1 Å². The zero-order valence-electron chi connectivity index (χ0n) is 12.2. The van der Waals surface area contributed by atoms with Crippen LogP contribution in [-0.4, -0.2) is 17.4 Å². The van der Waals surface area contributed by atoms with Gasteiger partial charge >= 0.3 is 0 Å². The lowest BCUT2D eigenvalue weighted by molar-refractivity contribution is -0.385. The van der Waals surface area contributed by atoms with Crippen LogP contribution in [0.25, 0.3) is 0 Å². The van der Waals surface area contributed by atoms with Crippen LogP contribution in [0.3, 0.4) is 0 Å². The van der Waals surface area contributed by atoms with Crippen molar-refractivity contribution in [2.75, 3.05) is 11.9 Å². The maximum Gasteiger partial charge on any atom is 0.274 e. The Kier molecular flexibility index (Phi) is 4.90. The van der Waals surface area contributed by atoms with Crippen molar-refractivity contribution < 1.29 is 9.72 Å². The van der Waals surface area contributed by atoms with Crippen LogP contribution in [0.4, 0.5) is 11.4 Å². The average Bonchev–Trinajstić information content (AvgIpc) is 2.48. The Hall–Kier alpha value is -1.95. The first-order valence-electron chi connectivity index (χ1n) is 7.29. The average molecular weight is 291 g/mol. The predicted octanol–water partition coefficient (Wildman–Crippen LogP) is 2.61. The minimum atomic E-state index is -0.436. The van der Waals surface area contributed by atoms with Gasteiger partial charge in [0.1, 0.15) is 0 Å². The van der Waals surface area contributed by atoms with E-state index in [4.69, 9.17) is 5.73 Å². The number of nitro groups is 1. The van der Waals surface area contributed by atoms with E-state index in [0.717, 1.165) is 25.7 Å².